The lowest BCUT2D eigenvalue weighted by atomic mass is 10.1. The summed E-state index contributed by atoms with van der Waals surface area (Å²) >= 11 is 0. The van der Waals surface area contributed by atoms with E-state index in [2.05, 4.69) is 11.8 Å². The lowest BCUT2D eigenvalue weighted by molar-refractivity contribution is -0.383. The van der Waals surface area contributed by atoms with E-state index in [4.69, 9.17) is 5.73 Å². The maximum atomic E-state index is 10.7. The number of likely N-dealkylation sites (tertiary alicyclic amines) is 1. The van der Waals surface area contributed by atoms with Crippen LogP contribution in [0.25, 0.3) is 0 Å². The van der Waals surface area contributed by atoms with Gasteiger partial charge in [0.1, 0.15) is 5.69 Å². The van der Waals surface area contributed by atoms with Crippen molar-refractivity contribution in [3.8, 4) is 0 Å². The van der Waals surface area contributed by atoms with Gasteiger partial charge in [-0.1, -0.05) is 18.9 Å². The summed E-state index contributed by atoms with van der Waals surface area (Å²) < 4.78 is 0. The first-order chi connectivity index (χ1) is 9.08. The Bertz CT molecular complexity index is 462. The van der Waals surface area contributed by atoms with Gasteiger partial charge in [0, 0.05) is 18.7 Å². The van der Waals surface area contributed by atoms with Gasteiger partial charge in [0.25, 0.3) is 5.69 Å². The lowest BCUT2D eigenvalue weighted by Crippen LogP contribution is -2.31. The maximum absolute atomic E-state index is 10.7. The first-order valence-corrected chi connectivity index (χ1v) is 6.85. The minimum Gasteiger partial charge on any atom is -0.393 e. The van der Waals surface area contributed by atoms with Gasteiger partial charge in [-0.3, -0.25) is 15.0 Å². The van der Waals surface area contributed by atoms with E-state index in [1.807, 2.05) is 6.07 Å². The maximum Gasteiger partial charge on any atom is 0.292 e. The van der Waals surface area contributed by atoms with Crippen molar-refractivity contribution >= 4 is 11.4 Å². The second-order valence-electron chi connectivity index (χ2n) is 5.32. The van der Waals surface area contributed by atoms with E-state index in [1.165, 1.54) is 31.7 Å². The number of hydrogen-bond acceptors (Lipinski definition) is 4. The number of nitro groups is 1. The molecule has 19 heavy (non-hydrogen) atoms. The molecule has 1 aromatic rings. The number of nitrogen functional groups attached to an aromatic ring is 1. The molecule has 1 atom stereocenters. The molecule has 1 saturated heterocycles. The zero-order valence-corrected chi connectivity index (χ0v) is 11.3. The summed E-state index contributed by atoms with van der Waals surface area (Å²) in [5.74, 6) is 0. The third-order valence-corrected chi connectivity index (χ3v) is 3.86. The number of hydrogen-bond donors (Lipinski definition) is 1. The molecule has 5 nitrogen and oxygen atoms in total. The summed E-state index contributed by atoms with van der Waals surface area (Å²) in [4.78, 5) is 12.7. The van der Waals surface area contributed by atoms with Crippen LogP contribution in [0, 0.1) is 10.1 Å². The van der Waals surface area contributed by atoms with Crippen LogP contribution in [-0.4, -0.2) is 22.4 Å². The van der Waals surface area contributed by atoms with E-state index in [9.17, 15) is 10.1 Å². The highest BCUT2D eigenvalue weighted by molar-refractivity contribution is 5.59. The summed E-state index contributed by atoms with van der Waals surface area (Å²) in [5.41, 5.74) is 7.03. The van der Waals surface area contributed by atoms with Crippen molar-refractivity contribution in [3.63, 3.8) is 0 Å². The number of rotatable bonds is 3. The van der Waals surface area contributed by atoms with Crippen LogP contribution in [0.1, 0.15) is 38.2 Å². The Hall–Kier alpha value is -1.62. The Labute approximate surface area is 113 Å². The smallest absolute Gasteiger partial charge is 0.292 e. The van der Waals surface area contributed by atoms with E-state index in [0.29, 0.717) is 6.04 Å². The van der Waals surface area contributed by atoms with Gasteiger partial charge < -0.3 is 5.73 Å². The van der Waals surface area contributed by atoms with Crippen LogP contribution in [0.5, 0.6) is 0 Å². The Morgan fingerprint density at radius 3 is 2.89 bits per heavy atom. The standard InChI is InChI=1S/C14H21N3O2/c1-11-5-3-2-4-8-16(11)10-12-6-7-14(17(18)19)13(15)9-12/h6-7,9,11H,2-5,8,10,15H2,1H3. The highest BCUT2D eigenvalue weighted by Gasteiger charge is 2.18. The van der Waals surface area contributed by atoms with Crippen molar-refractivity contribution in [1.29, 1.82) is 0 Å². The average Bonchev–Trinajstić information content (AvgIpc) is 2.55. The van der Waals surface area contributed by atoms with Crippen molar-refractivity contribution < 1.29 is 4.92 Å². The quantitative estimate of drug-likeness (QED) is 0.517. The first-order valence-electron chi connectivity index (χ1n) is 6.85. The van der Waals surface area contributed by atoms with Crippen LogP contribution in [0.15, 0.2) is 18.2 Å². The molecule has 0 saturated carbocycles. The normalized spacial score (nSPS) is 21.0. The molecule has 1 aliphatic heterocycles. The molecular formula is C14H21N3O2. The predicted octanol–water partition coefficient (Wildman–Crippen LogP) is 2.94. The van der Waals surface area contributed by atoms with Gasteiger partial charge in [0.2, 0.25) is 0 Å². The molecule has 0 spiro atoms. The van der Waals surface area contributed by atoms with Crippen molar-refractivity contribution in [2.75, 3.05) is 12.3 Å². The monoisotopic (exact) mass is 263 g/mol. The van der Waals surface area contributed by atoms with Crippen molar-refractivity contribution in [2.45, 2.75) is 45.2 Å². The number of anilines is 1. The van der Waals surface area contributed by atoms with Gasteiger partial charge in [0.15, 0.2) is 0 Å². The summed E-state index contributed by atoms with van der Waals surface area (Å²) in [5, 5.41) is 10.7. The number of nitrogens with two attached hydrogens (primary N) is 1. The van der Waals surface area contributed by atoms with E-state index in [1.54, 1.807) is 6.07 Å². The Morgan fingerprint density at radius 1 is 1.42 bits per heavy atom. The molecule has 1 heterocycles. The van der Waals surface area contributed by atoms with E-state index in [-0.39, 0.29) is 11.4 Å². The Morgan fingerprint density at radius 2 is 2.21 bits per heavy atom. The van der Waals surface area contributed by atoms with Crippen molar-refractivity contribution in [1.82, 2.24) is 4.90 Å². The fourth-order valence-corrected chi connectivity index (χ4v) is 2.67. The van der Waals surface area contributed by atoms with Crippen LogP contribution in [-0.2, 0) is 6.54 Å². The molecule has 104 valence electrons. The van der Waals surface area contributed by atoms with Gasteiger partial charge in [-0.05, 0) is 37.9 Å². The highest BCUT2D eigenvalue weighted by atomic mass is 16.6. The molecule has 0 aliphatic carbocycles. The minimum absolute atomic E-state index is 0.00679. The molecular weight excluding hydrogens is 242 g/mol. The summed E-state index contributed by atoms with van der Waals surface area (Å²) in [7, 11) is 0. The van der Waals surface area contributed by atoms with E-state index in [0.717, 1.165) is 18.7 Å². The van der Waals surface area contributed by atoms with Crippen molar-refractivity contribution in [3.05, 3.63) is 33.9 Å². The third-order valence-electron chi connectivity index (χ3n) is 3.86. The number of benzene rings is 1. The second kappa shape index (κ2) is 6.02. The SMILES string of the molecule is CC1CCCCCN1Cc1ccc([N+](=O)[O-])c(N)c1. The zero-order chi connectivity index (χ0) is 13.8. The molecule has 1 fully saturated rings. The van der Waals surface area contributed by atoms with Gasteiger partial charge in [-0.15, -0.1) is 0 Å². The molecule has 0 radical (unpaired) electrons. The lowest BCUT2D eigenvalue weighted by Gasteiger charge is -2.26. The fourth-order valence-electron chi connectivity index (χ4n) is 2.67. The Balaban J connectivity index is 2.10. The van der Waals surface area contributed by atoms with Crippen LogP contribution < -0.4 is 5.73 Å². The zero-order valence-electron chi connectivity index (χ0n) is 11.3. The van der Waals surface area contributed by atoms with Crippen LogP contribution >= 0.6 is 0 Å². The van der Waals surface area contributed by atoms with Gasteiger partial charge in [0.05, 0.1) is 4.92 Å². The molecule has 0 bridgehead atoms. The molecule has 1 aliphatic rings. The largest absolute Gasteiger partial charge is 0.393 e. The van der Waals surface area contributed by atoms with Gasteiger partial charge >= 0.3 is 0 Å². The third kappa shape index (κ3) is 3.44. The summed E-state index contributed by atoms with van der Waals surface area (Å²) in [6, 6.07) is 5.62. The highest BCUT2D eigenvalue weighted by Crippen LogP contribution is 2.24. The number of nitrogens with zero attached hydrogens (tertiary/aromatic N) is 2. The van der Waals surface area contributed by atoms with Crippen LogP contribution in [0.4, 0.5) is 11.4 Å². The molecule has 1 aromatic carbocycles. The van der Waals surface area contributed by atoms with Crippen LogP contribution in [0.2, 0.25) is 0 Å². The minimum atomic E-state index is -0.437. The van der Waals surface area contributed by atoms with Crippen LogP contribution in [0.3, 0.4) is 0 Å². The first kappa shape index (κ1) is 13.8. The van der Waals surface area contributed by atoms with Gasteiger partial charge in [-0.2, -0.15) is 0 Å². The molecule has 5 heteroatoms. The topological polar surface area (TPSA) is 72.4 Å². The van der Waals surface area contributed by atoms with Crippen molar-refractivity contribution in [2.24, 2.45) is 0 Å². The van der Waals surface area contributed by atoms with Gasteiger partial charge in [-0.25, -0.2) is 0 Å². The fraction of sp³-hybridized carbons (Fsp3) is 0.571. The molecule has 0 aromatic heterocycles. The molecule has 0 amide bonds. The number of nitro benzene ring substituents is 1. The summed E-state index contributed by atoms with van der Waals surface area (Å²) in [6.07, 6.45) is 5.04. The summed E-state index contributed by atoms with van der Waals surface area (Å²) in [6.45, 7) is 4.17. The van der Waals surface area contributed by atoms with E-state index < -0.39 is 4.92 Å². The predicted molar refractivity (Wildman–Crippen MR) is 75.8 cm³/mol. The average molecular weight is 263 g/mol. The molecule has 2 N–H and O–H groups in total. The molecule has 2 rings (SSSR count). The Kier molecular flexibility index (Phi) is 4.37. The second-order valence-corrected chi connectivity index (χ2v) is 5.32. The molecule has 1 unspecified atom stereocenters. The van der Waals surface area contributed by atoms with E-state index >= 15 is 0 Å².